The van der Waals surface area contributed by atoms with Crippen LogP contribution in [0.1, 0.15) is 18.4 Å². The summed E-state index contributed by atoms with van der Waals surface area (Å²) in [5.41, 5.74) is 1.83. The Hall–Kier alpha value is -2.83. The first-order chi connectivity index (χ1) is 10.6. The van der Waals surface area contributed by atoms with Gasteiger partial charge in [0.2, 0.25) is 0 Å². The predicted octanol–water partition coefficient (Wildman–Crippen LogP) is 1.54. The number of benzene rings is 1. The van der Waals surface area contributed by atoms with Gasteiger partial charge in [0.1, 0.15) is 0 Å². The highest BCUT2D eigenvalue weighted by Gasteiger charge is 2.04. The second-order valence-corrected chi connectivity index (χ2v) is 4.74. The van der Waals surface area contributed by atoms with Crippen LogP contribution in [0.2, 0.25) is 0 Å². The van der Waals surface area contributed by atoms with Crippen LogP contribution in [0.25, 0.3) is 5.69 Å². The van der Waals surface area contributed by atoms with E-state index in [9.17, 15) is 9.59 Å². The van der Waals surface area contributed by atoms with E-state index in [2.05, 4.69) is 15.7 Å². The van der Waals surface area contributed by atoms with Crippen molar-refractivity contribution in [2.45, 2.75) is 19.4 Å². The number of aliphatic carboxylic acids is 1. The summed E-state index contributed by atoms with van der Waals surface area (Å²) < 4.78 is 1.74. The van der Waals surface area contributed by atoms with E-state index in [0.29, 0.717) is 19.5 Å². The van der Waals surface area contributed by atoms with Crippen molar-refractivity contribution in [2.75, 3.05) is 6.54 Å². The van der Waals surface area contributed by atoms with E-state index in [4.69, 9.17) is 5.11 Å². The van der Waals surface area contributed by atoms with E-state index >= 15 is 0 Å². The monoisotopic (exact) mass is 302 g/mol. The van der Waals surface area contributed by atoms with Crippen molar-refractivity contribution < 1.29 is 14.7 Å². The number of carbonyl (C=O) groups is 2. The van der Waals surface area contributed by atoms with Crippen molar-refractivity contribution in [3.05, 3.63) is 48.3 Å². The Morgan fingerprint density at radius 3 is 2.68 bits per heavy atom. The molecule has 0 aliphatic carbocycles. The molecule has 0 spiro atoms. The molecule has 3 N–H and O–H groups in total. The van der Waals surface area contributed by atoms with Gasteiger partial charge in [0.25, 0.3) is 0 Å². The van der Waals surface area contributed by atoms with Crippen LogP contribution in [-0.4, -0.2) is 33.4 Å². The van der Waals surface area contributed by atoms with Crippen LogP contribution in [0.3, 0.4) is 0 Å². The first-order valence-electron chi connectivity index (χ1n) is 6.97. The maximum absolute atomic E-state index is 11.5. The third kappa shape index (κ3) is 4.93. The normalized spacial score (nSPS) is 10.2. The summed E-state index contributed by atoms with van der Waals surface area (Å²) in [6, 6.07) is 9.36. The SMILES string of the molecule is O=C(O)CCCNC(=O)NCc1cnn(-c2ccccc2)c1. The number of urea groups is 1. The maximum Gasteiger partial charge on any atom is 0.315 e. The molecule has 0 saturated heterocycles. The van der Waals surface area contributed by atoms with E-state index < -0.39 is 5.97 Å². The van der Waals surface area contributed by atoms with Crippen LogP contribution in [0.15, 0.2) is 42.7 Å². The first kappa shape index (κ1) is 15.6. The van der Waals surface area contributed by atoms with Gasteiger partial charge in [0.05, 0.1) is 11.9 Å². The topological polar surface area (TPSA) is 96.2 Å². The minimum Gasteiger partial charge on any atom is -0.481 e. The molecule has 2 amide bonds. The van der Waals surface area contributed by atoms with Gasteiger partial charge in [-0.15, -0.1) is 0 Å². The molecule has 1 aromatic heterocycles. The summed E-state index contributed by atoms with van der Waals surface area (Å²) >= 11 is 0. The molecule has 2 rings (SSSR count). The van der Waals surface area contributed by atoms with Crippen molar-refractivity contribution in [3.8, 4) is 5.69 Å². The van der Waals surface area contributed by atoms with Crippen LogP contribution >= 0.6 is 0 Å². The van der Waals surface area contributed by atoms with Crippen molar-refractivity contribution in [1.82, 2.24) is 20.4 Å². The molecule has 116 valence electrons. The first-order valence-corrected chi connectivity index (χ1v) is 6.97. The van der Waals surface area contributed by atoms with Crippen LogP contribution in [0.5, 0.6) is 0 Å². The van der Waals surface area contributed by atoms with Crippen molar-refractivity contribution in [3.63, 3.8) is 0 Å². The molecule has 22 heavy (non-hydrogen) atoms. The molecule has 0 atom stereocenters. The second-order valence-electron chi connectivity index (χ2n) is 4.74. The molecule has 0 bridgehead atoms. The van der Waals surface area contributed by atoms with Crippen molar-refractivity contribution in [1.29, 1.82) is 0 Å². The fourth-order valence-electron chi connectivity index (χ4n) is 1.86. The van der Waals surface area contributed by atoms with E-state index in [-0.39, 0.29) is 12.5 Å². The van der Waals surface area contributed by atoms with Crippen LogP contribution in [0, 0.1) is 0 Å². The Bertz CT molecular complexity index is 625. The number of carboxylic acids is 1. The molecule has 0 radical (unpaired) electrons. The molecular weight excluding hydrogens is 284 g/mol. The van der Waals surface area contributed by atoms with Gasteiger partial charge in [-0.25, -0.2) is 9.48 Å². The van der Waals surface area contributed by atoms with Crippen LogP contribution < -0.4 is 10.6 Å². The van der Waals surface area contributed by atoms with Gasteiger partial charge in [-0.3, -0.25) is 4.79 Å². The quantitative estimate of drug-likeness (QED) is 0.676. The van der Waals surface area contributed by atoms with Gasteiger partial charge < -0.3 is 15.7 Å². The average molecular weight is 302 g/mol. The number of rotatable bonds is 7. The smallest absolute Gasteiger partial charge is 0.315 e. The van der Waals surface area contributed by atoms with Gasteiger partial charge in [-0.1, -0.05) is 18.2 Å². The minimum atomic E-state index is -0.865. The largest absolute Gasteiger partial charge is 0.481 e. The van der Waals surface area contributed by atoms with E-state index in [1.54, 1.807) is 10.9 Å². The highest BCUT2D eigenvalue weighted by atomic mass is 16.4. The Morgan fingerprint density at radius 2 is 1.95 bits per heavy atom. The molecule has 7 nitrogen and oxygen atoms in total. The summed E-state index contributed by atoms with van der Waals surface area (Å²) in [5.74, 6) is -0.865. The lowest BCUT2D eigenvalue weighted by Gasteiger charge is -2.05. The number of para-hydroxylation sites is 1. The Kier molecular flexibility index (Phi) is 5.53. The van der Waals surface area contributed by atoms with E-state index in [1.807, 2.05) is 36.5 Å². The maximum atomic E-state index is 11.5. The zero-order valence-electron chi connectivity index (χ0n) is 12.0. The zero-order valence-corrected chi connectivity index (χ0v) is 12.0. The molecule has 0 unspecified atom stereocenters. The highest BCUT2D eigenvalue weighted by Crippen LogP contribution is 2.07. The van der Waals surface area contributed by atoms with Crippen LogP contribution in [0.4, 0.5) is 4.79 Å². The Morgan fingerprint density at radius 1 is 1.18 bits per heavy atom. The molecule has 0 saturated carbocycles. The lowest BCUT2D eigenvalue weighted by atomic mass is 10.3. The average Bonchev–Trinajstić information content (AvgIpc) is 2.99. The fourth-order valence-corrected chi connectivity index (χ4v) is 1.86. The molecular formula is C15H18N4O3. The number of amides is 2. The zero-order chi connectivity index (χ0) is 15.8. The van der Waals surface area contributed by atoms with Crippen LogP contribution in [-0.2, 0) is 11.3 Å². The molecule has 0 fully saturated rings. The number of carbonyl (C=O) groups excluding carboxylic acids is 1. The Labute approximate surface area is 128 Å². The number of hydrogen-bond donors (Lipinski definition) is 3. The summed E-state index contributed by atoms with van der Waals surface area (Å²) in [7, 11) is 0. The van der Waals surface area contributed by atoms with E-state index in [1.165, 1.54) is 0 Å². The van der Waals surface area contributed by atoms with Gasteiger partial charge in [0.15, 0.2) is 0 Å². The minimum absolute atomic E-state index is 0.0458. The third-order valence-corrected chi connectivity index (χ3v) is 2.96. The third-order valence-electron chi connectivity index (χ3n) is 2.96. The number of carboxylic acid groups (broad SMARTS) is 1. The molecule has 2 aromatic rings. The van der Waals surface area contributed by atoms with Gasteiger partial charge in [-0.05, 0) is 18.6 Å². The lowest BCUT2D eigenvalue weighted by molar-refractivity contribution is -0.137. The van der Waals surface area contributed by atoms with Gasteiger partial charge >= 0.3 is 12.0 Å². The standard InChI is InChI=1S/C15H18N4O3/c20-14(21)7-4-8-16-15(22)17-9-12-10-18-19(11-12)13-5-2-1-3-6-13/h1-3,5-6,10-11H,4,7-9H2,(H,20,21)(H2,16,17,22). The summed E-state index contributed by atoms with van der Waals surface area (Å²) in [4.78, 5) is 21.9. The molecule has 1 aromatic carbocycles. The second kappa shape index (κ2) is 7.82. The molecule has 0 aliphatic rings. The summed E-state index contributed by atoms with van der Waals surface area (Å²) in [6.07, 6.45) is 4.00. The number of hydrogen-bond acceptors (Lipinski definition) is 3. The van der Waals surface area contributed by atoms with Crippen molar-refractivity contribution in [2.24, 2.45) is 0 Å². The molecule has 0 aliphatic heterocycles. The van der Waals surface area contributed by atoms with Crippen molar-refractivity contribution >= 4 is 12.0 Å². The van der Waals surface area contributed by atoms with Gasteiger partial charge in [0, 0.05) is 31.3 Å². The van der Waals surface area contributed by atoms with E-state index in [0.717, 1.165) is 11.3 Å². The number of nitrogens with one attached hydrogen (secondary N) is 2. The molecule has 1 heterocycles. The number of aromatic nitrogens is 2. The Balaban J connectivity index is 1.74. The molecule has 7 heteroatoms. The highest BCUT2D eigenvalue weighted by molar-refractivity contribution is 5.73. The summed E-state index contributed by atoms with van der Waals surface area (Å²) in [5, 5.41) is 18.0. The predicted molar refractivity (Wildman–Crippen MR) is 80.7 cm³/mol. The van der Waals surface area contributed by atoms with Gasteiger partial charge in [-0.2, -0.15) is 5.10 Å². The number of nitrogens with zero attached hydrogens (tertiary/aromatic N) is 2. The summed E-state index contributed by atoms with van der Waals surface area (Å²) in [6.45, 7) is 0.693. The fraction of sp³-hybridized carbons (Fsp3) is 0.267. The lowest BCUT2D eigenvalue weighted by Crippen LogP contribution is -2.35.